The lowest BCUT2D eigenvalue weighted by Gasteiger charge is -2.09. The quantitative estimate of drug-likeness (QED) is 0.872. The summed E-state index contributed by atoms with van der Waals surface area (Å²) in [6.07, 6.45) is 0.170. The molecule has 0 aliphatic rings. The summed E-state index contributed by atoms with van der Waals surface area (Å²) < 4.78 is 5.59. The number of hydrogen-bond donors (Lipinski definition) is 2. The summed E-state index contributed by atoms with van der Waals surface area (Å²) in [6.45, 7) is 5.87. The lowest BCUT2D eigenvalue weighted by Crippen LogP contribution is -2.05. The molecular weight excluding hydrogens is 228 g/mol. The molecule has 96 valence electrons. The average molecular weight is 246 g/mol. The van der Waals surface area contributed by atoms with Crippen molar-refractivity contribution < 1.29 is 9.84 Å². The topological polar surface area (TPSA) is 58.1 Å². The predicted octanol–water partition coefficient (Wildman–Crippen LogP) is 2.66. The Morgan fingerprint density at radius 1 is 1.28 bits per heavy atom. The second-order valence-corrected chi connectivity index (χ2v) is 4.51. The van der Waals surface area contributed by atoms with Crippen LogP contribution in [0.4, 0.5) is 0 Å². The molecule has 1 heterocycles. The number of rotatable bonds is 4. The van der Waals surface area contributed by atoms with E-state index in [1.54, 1.807) is 0 Å². The summed E-state index contributed by atoms with van der Waals surface area (Å²) in [4.78, 5) is 7.39. The van der Waals surface area contributed by atoms with E-state index in [-0.39, 0.29) is 12.7 Å². The Labute approximate surface area is 107 Å². The Morgan fingerprint density at radius 3 is 2.44 bits per heavy atom. The van der Waals surface area contributed by atoms with Crippen molar-refractivity contribution in [3.8, 4) is 17.0 Å². The number of aromatic amines is 1. The Balaban J connectivity index is 2.25. The van der Waals surface area contributed by atoms with Crippen molar-refractivity contribution in [3.05, 3.63) is 35.8 Å². The maximum atomic E-state index is 9.05. The molecule has 0 aliphatic heterocycles. The van der Waals surface area contributed by atoms with Crippen LogP contribution in [0.3, 0.4) is 0 Å². The first-order valence-electron chi connectivity index (χ1n) is 6.03. The van der Waals surface area contributed by atoms with Gasteiger partial charge in [0.1, 0.15) is 18.2 Å². The Kier molecular flexibility index (Phi) is 3.67. The van der Waals surface area contributed by atoms with Crippen molar-refractivity contribution in [2.24, 2.45) is 0 Å². The van der Waals surface area contributed by atoms with Gasteiger partial charge >= 0.3 is 0 Å². The molecule has 1 aromatic heterocycles. The van der Waals surface area contributed by atoms with Crippen LogP contribution < -0.4 is 4.74 Å². The molecule has 4 nitrogen and oxygen atoms in total. The number of aromatic nitrogens is 2. The first-order valence-corrected chi connectivity index (χ1v) is 6.03. The first kappa shape index (κ1) is 12.6. The van der Waals surface area contributed by atoms with Gasteiger partial charge in [0, 0.05) is 11.3 Å². The monoisotopic (exact) mass is 246 g/mol. The fourth-order valence-electron chi connectivity index (χ4n) is 1.84. The first-order chi connectivity index (χ1) is 8.60. The third-order valence-electron chi connectivity index (χ3n) is 2.58. The smallest absolute Gasteiger partial charge is 0.132 e. The SMILES string of the molecule is Cc1[nH]c(CO)nc1-c1ccc(OC(C)C)cc1. The molecule has 0 saturated heterocycles. The minimum absolute atomic E-state index is 0.0740. The standard InChI is InChI=1S/C14H18N2O2/c1-9(2)18-12-6-4-11(5-7-12)14-10(3)15-13(8-17)16-14/h4-7,9,17H,8H2,1-3H3,(H,15,16). The Bertz CT molecular complexity index is 515. The van der Waals surface area contributed by atoms with E-state index in [9.17, 15) is 0 Å². The van der Waals surface area contributed by atoms with Gasteiger partial charge in [-0.2, -0.15) is 0 Å². The van der Waals surface area contributed by atoms with Gasteiger partial charge in [-0.15, -0.1) is 0 Å². The third-order valence-corrected chi connectivity index (χ3v) is 2.58. The molecule has 2 aromatic rings. The zero-order chi connectivity index (χ0) is 13.1. The number of hydrogen-bond acceptors (Lipinski definition) is 3. The van der Waals surface area contributed by atoms with E-state index in [0.29, 0.717) is 5.82 Å². The van der Waals surface area contributed by atoms with Crippen LogP contribution in [0.5, 0.6) is 5.75 Å². The Hall–Kier alpha value is -1.81. The van der Waals surface area contributed by atoms with Gasteiger partial charge in [-0.05, 0) is 45.0 Å². The molecule has 0 saturated carbocycles. The second kappa shape index (κ2) is 5.23. The number of imidazole rings is 1. The number of H-pyrrole nitrogens is 1. The molecule has 0 fully saturated rings. The molecule has 4 heteroatoms. The van der Waals surface area contributed by atoms with E-state index < -0.39 is 0 Å². The summed E-state index contributed by atoms with van der Waals surface area (Å²) in [5.41, 5.74) is 2.84. The van der Waals surface area contributed by atoms with Gasteiger partial charge in [0.25, 0.3) is 0 Å². The highest BCUT2D eigenvalue weighted by Gasteiger charge is 2.08. The van der Waals surface area contributed by atoms with E-state index in [1.807, 2.05) is 45.0 Å². The van der Waals surface area contributed by atoms with Crippen LogP contribution in [0.15, 0.2) is 24.3 Å². The highest BCUT2D eigenvalue weighted by Crippen LogP contribution is 2.24. The molecule has 0 bridgehead atoms. The normalized spacial score (nSPS) is 10.9. The van der Waals surface area contributed by atoms with Gasteiger partial charge in [-0.1, -0.05) is 0 Å². The molecular formula is C14H18N2O2. The fraction of sp³-hybridized carbons (Fsp3) is 0.357. The maximum absolute atomic E-state index is 9.05. The third kappa shape index (κ3) is 2.71. The van der Waals surface area contributed by atoms with Crippen molar-refractivity contribution in [3.63, 3.8) is 0 Å². The second-order valence-electron chi connectivity index (χ2n) is 4.51. The molecule has 0 radical (unpaired) electrons. The van der Waals surface area contributed by atoms with Crippen LogP contribution in [0.2, 0.25) is 0 Å². The summed E-state index contributed by atoms with van der Waals surface area (Å²) >= 11 is 0. The predicted molar refractivity (Wildman–Crippen MR) is 70.4 cm³/mol. The summed E-state index contributed by atoms with van der Waals surface area (Å²) in [5.74, 6) is 1.44. The highest BCUT2D eigenvalue weighted by molar-refractivity contribution is 5.62. The van der Waals surface area contributed by atoms with Crippen molar-refractivity contribution in [1.29, 1.82) is 0 Å². The van der Waals surface area contributed by atoms with Gasteiger partial charge in [-0.25, -0.2) is 4.98 Å². The molecule has 0 amide bonds. The number of nitrogens with zero attached hydrogens (tertiary/aromatic N) is 1. The lowest BCUT2D eigenvalue weighted by molar-refractivity contribution is 0.242. The van der Waals surface area contributed by atoms with Crippen molar-refractivity contribution in [2.45, 2.75) is 33.5 Å². The summed E-state index contributed by atoms with van der Waals surface area (Å²) in [7, 11) is 0. The fourth-order valence-corrected chi connectivity index (χ4v) is 1.84. The molecule has 1 aromatic carbocycles. The van der Waals surface area contributed by atoms with E-state index in [4.69, 9.17) is 9.84 Å². The molecule has 0 spiro atoms. The van der Waals surface area contributed by atoms with Gasteiger partial charge in [0.15, 0.2) is 0 Å². The van der Waals surface area contributed by atoms with Gasteiger partial charge in [-0.3, -0.25) is 0 Å². The van der Waals surface area contributed by atoms with Crippen molar-refractivity contribution in [1.82, 2.24) is 9.97 Å². The molecule has 0 unspecified atom stereocenters. The lowest BCUT2D eigenvalue weighted by atomic mass is 10.1. The number of aliphatic hydroxyl groups is 1. The number of nitrogens with one attached hydrogen (secondary N) is 1. The number of aryl methyl sites for hydroxylation is 1. The van der Waals surface area contributed by atoms with Crippen molar-refractivity contribution >= 4 is 0 Å². The Morgan fingerprint density at radius 2 is 1.94 bits per heavy atom. The van der Waals surface area contributed by atoms with Gasteiger partial charge in [0.05, 0.1) is 11.8 Å². The largest absolute Gasteiger partial charge is 0.491 e. The maximum Gasteiger partial charge on any atom is 0.132 e. The zero-order valence-corrected chi connectivity index (χ0v) is 10.9. The molecule has 2 rings (SSSR count). The highest BCUT2D eigenvalue weighted by atomic mass is 16.5. The van der Waals surface area contributed by atoms with Crippen LogP contribution in [-0.4, -0.2) is 21.2 Å². The van der Waals surface area contributed by atoms with Gasteiger partial charge < -0.3 is 14.8 Å². The zero-order valence-electron chi connectivity index (χ0n) is 10.9. The van der Waals surface area contributed by atoms with Crippen LogP contribution in [0.25, 0.3) is 11.3 Å². The van der Waals surface area contributed by atoms with E-state index in [0.717, 1.165) is 22.7 Å². The summed E-state index contributed by atoms with van der Waals surface area (Å²) in [6, 6.07) is 7.81. The van der Waals surface area contributed by atoms with E-state index >= 15 is 0 Å². The average Bonchev–Trinajstić information content (AvgIpc) is 2.71. The number of aliphatic hydroxyl groups excluding tert-OH is 1. The summed E-state index contributed by atoms with van der Waals surface area (Å²) in [5, 5.41) is 9.05. The van der Waals surface area contributed by atoms with Crippen LogP contribution in [0, 0.1) is 6.92 Å². The minimum Gasteiger partial charge on any atom is -0.491 e. The molecule has 0 aliphatic carbocycles. The van der Waals surface area contributed by atoms with Crippen LogP contribution >= 0.6 is 0 Å². The molecule has 0 atom stereocenters. The van der Waals surface area contributed by atoms with E-state index in [1.165, 1.54) is 0 Å². The number of benzene rings is 1. The minimum atomic E-state index is -0.0740. The number of ether oxygens (including phenoxy) is 1. The van der Waals surface area contributed by atoms with Gasteiger partial charge in [0.2, 0.25) is 0 Å². The van der Waals surface area contributed by atoms with Crippen LogP contribution in [-0.2, 0) is 6.61 Å². The van der Waals surface area contributed by atoms with Crippen LogP contribution in [0.1, 0.15) is 25.4 Å². The van der Waals surface area contributed by atoms with E-state index in [2.05, 4.69) is 9.97 Å². The van der Waals surface area contributed by atoms with Crippen molar-refractivity contribution in [2.75, 3.05) is 0 Å². The molecule has 18 heavy (non-hydrogen) atoms. The molecule has 2 N–H and O–H groups in total.